The van der Waals surface area contributed by atoms with E-state index in [0.29, 0.717) is 5.92 Å². The Hall–Kier alpha value is -1.92. The molecule has 0 aromatic heterocycles. The van der Waals surface area contributed by atoms with Crippen molar-refractivity contribution in [1.82, 2.24) is 10.2 Å². The maximum absolute atomic E-state index is 12.2. The minimum atomic E-state index is -1.95. The lowest BCUT2D eigenvalue weighted by atomic mass is 9.89. The van der Waals surface area contributed by atoms with Crippen LogP contribution in [0.3, 0.4) is 0 Å². The molecule has 0 radical (unpaired) electrons. The number of benzene rings is 1. The fourth-order valence-electron chi connectivity index (χ4n) is 3.14. The molecule has 0 spiro atoms. The molecule has 0 aliphatic carbocycles. The zero-order valence-corrected chi connectivity index (χ0v) is 14.9. The van der Waals surface area contributed by atoms with Crippen molar-refractivity contribution in [3.05, 3.63) is 35.9 Å². The summed E-state index contributed by atoms with van der Waals surface area (Å²) in [5.74, 6) is -0.966. The molecule has 0 saturated carbocycles. The minimum Gasteiger partial charge on any atom is -0.479 e. The monoisotopic (exact) mass is 348 g/mol. The van der Waals surface area contributed by atoms with E-state index in [1.807, 2.05) is 13.0 Å². The molecule has 1 aromatic carbocycles. The first-order chi connectivity index (χ1) is 11.8. The normalized spacial score (nSPS) is 19.8. The van der Waals surface area contributed by atoms with Gasteiger partial charge in [-0.2, -0.15) is 0 Å². The number of amides is 1. The van der Waals surface area contributed by atoms with Gasteiger partial charge in [0.15, 0.2) is 5.60 Å². The van der Waals surface area contributed by atoms with Gasteiger partial charge >= 0.3 is 5.97 Å². The highest BCUT2D eigenvalue weighted by atomic mass is 16.4. The molecule has 0 bridgehead atoms. The molecule has 1 amide bonds. The summed E-state index contributed by atoms with van der Waals surface area (Å²) in [4.78, 5) is 25.2. The highest BCUT2D eigenvalue weighted by Crippen LogP contribution is 2.23. The number of nitrogens with zero attached hydrogens (tertiary/aromatic N) is 1. The third-order valence-electron chi connectivity index (χ3n) is 5.01. The van der Waals surface area contributed by atoms with Crippen LogP contribution in [-0.4, -0.2) is 58.3 Å². The van der Waals surface area contributed by atoms with E-state index in [2.05, 4.69) is 34.5 Å². The van der Waals surface area contributed by atoms with E-state index in [0.717, 1.165) is 32.4 Å². The Morgan fingerprint density at radius 2 is 1.88 bits per heavy atom. The lowest BCUT2D eigenvalue weighted by molar-refractivity contribution is -0.156. The van der Waals surface area contributed by atoms with Gasteiger partial charge in [-0.3, -0.25) is 9.69 Å². The summed E-state index contributed by atoms with van der Waals surface area (Å²) >= 11 is 0. The van der Waals surface area contributed by atoms with E-state index in [9.17, 15) is 14.7 Å². The van der Waals surface area contributed by atoms with Crippen LogP contribution in [0.25, 0.3) is 0 Å². The molecule has 2 unspecified atom stereocenters. The van der Waals surface area contributed by atoms with Crippen molar-refractivity contribution in [3.63, 3.8) is 0 Å². The Bertz CT molecular complexity index is 580. The molecule has 1 aliphatic rings. The SMILES string of the molecule is CC(C(=O)NCC(C)(O)C(=O)O)N1CCC(Cc2ccccc2)CC1. The first-order valence-electron chi connectivity index (χ1n) is 8.81. The molecule has 25 heavy (non-hydrogen) atoms. The summed E-state index contributed by atoms with van der Waals surface area (Å²) < 4.78 is 0. The van der Waals surface area contributed by atoms with Crippen LogP contribution in [0.4, 0.5) is 0 Å². The van der Waals surface area contributed by atoms with Crippen LogP contribution in [0.2, 0.25) is 0 Å². The van der Waals surface area contributed by atoms with E-state index >= 15 is 0 Å². The van der Waals surface area contributed by atoms with Crippen LogP contribution in [0, 0.1) is 5.92 Å². The topological polar surface area (TPSA) is 89.9 Å². The molecule has 1 aromatic rings. The quantitative estimate of drug-likeness (QED) is 0.691. The predicted molar refractivity (Wildman–Crippen MR) is 95.2 cm³/mol. The Morgan fingerprint density at radius 1 is 1.28 bits per heavy atom. The molecule has 2 atom stereocenters. The molecule has 1 fully saturated rings. The smallest absolute Gasteiger partial charge is 0.337 e. The first kappa shape index (κ1) is 19.4. The van der Waals surface area contributed by atoms with Crippen LogP contribution in [0.5, 0.6) is 0 Å². The molecule has 6 nitrogen and oxygen atoms in total. The summed E-state index contributed by atoms with van der Waals surface area (Å²) in [7, 11) is 0. The second-order valence-electron chi connectivity index (χ2n) is 7.14. The number of carboxylic acids is 1. The third kappa shape index (κ3) is 5.54. The number of piperidine rings is 1. The van der Waals surface area contributed by atoms with Crippen LogP contribution in [0.1, 0.15) is 32.3 Å². The van der Waals surface area contributed by atoms with Gasteiger partial charge in [0.2, 0.25) is 5.91 Å². The van der Waals surface area contributed by atoms with E-state index < -0.39 is 11.6 Å². The van der Waals surface area contributed by atoms with Crippen molar-refractivity contribution >= 4 is 11.9 Å². The largest absolute Gasteiger partial charge is 0.479 e. The minimum absolute atomic E-state index is 0.247. The second-order valence-corrected chi connectivity index (χ2v) is 7.14. The van der Waals surface area contributed by atoms with Gasteiger partial charge in [0, 0.05) is 0 Å². The average Bonchev–Trinajstić information content (AvgIpc) is 2.60. The van der Waals surface area contributed by atoms with Gasteiger partial charge in [-0.1, -0.05) is 30.3 Å². The molecule has 2 rings (SSSR count). The predicted octanol–water partition coefficient (Wildman–Crippen LogP) is 1.28. The molecule has 6 heteroatoms. The molecule has 1 aliphatic heterocycles. The summed E-state index contributed by atoms with van der Waals surface area (Å²) in [5.41, 5.74) is -0.597. The Balaban J connectivity index is 1.77. The van der Waals surface area contributed by atoms with Crippen LogP contribution in [-0.2, 0) is 16.0 Å². The van der Waals surface area contributed by atoms with Crippen LogP contribution in [0.15, 0.2) is 30.3 Å². The van der Waals surface area contributed by atoms with E-state index in [1.54, 1.807) is 0 Å². The van der Waals surface area contributed by atoms with Crippen molar-refractivity contribution in [2.24, 2.45) is 5.92 Å². The number of hydrogen-bond acceptors (Lipinski definition) is 4. The van der Waals surface area contributed by atoms with E-state index in [4.69, 9.17) is 5.11 Å². The maximum atomic E-state index is 12.2. The van der Waals surface area contributed by atoms with Gasteiger partial charge in [-0.25, -0.2) is 4.79 Å². The van der Waals surface area contributed by atoms with Crippen molar-refractivity contribution < 1.29 is 19.8 Å². The van der Waals surface area contributed by atoms with Gasteiger partial charge < -0.3 is 15.5 Å². The summed E-state index contributed by atoms with van der Waals surface area (Å²) in [5, 5.41) is 21.1. The van der Waals surface area contributed by atoms with Crippen molar-refractivity contribution in [1.29, 1.82) is 0 Å². The van der Waals surface area contributed by atoms with Crippen LogP contribution < -0.4 is 5.32 Å². The molecule has 1 heterocycles. The second kappa shape index (κ2) is 8.45. The van der Waals surface area contributed by atoms with E-state index in [1.165, 1.54) is 12.5 Å². The average molecular weight is 348 g/mol. The zero-order valence-electron chi connectivity index (χ0n) is 14.9. The molecule has 1 saturated heterocycles. The number of likely N-dealkylation sites (tertiary alicyclic amines) is 1. The fraction of sp³-hybridized carbons (Fsp3) is 0.579. The number of rotatable bonds is 7. The number of carbonyl (C=O) groups excluding carboxylic acids is 1. The van der Waals surface area contributed by atoms with Gasteiger partial charge in [-0.15, -0.1) is 0 Å². The summed E-state index contributed by atoms with van der Waals surface area (Å²) in [6.45, 7) is 4.40. The Labute approximate surface area is 148 Å². The highest BCUT2D eigenvalue weighted by molar-refractivity contribution is 5.83. The number of nitrogens with one attached hydrogen (secondary N) is 1. The van der Waals surface area contributed by atoms with Gasteiger partial charge in [0.05, 0.1) is 12.6 Å². The zero-order chi connectivity index (χ0) is 18.4. The van der Waals surface area contributed by atoms with Gasteiger partial charge in [-0.05, 0) is 57.7 Å². The molecule has 138 valence electrons. The maximum Gasteiger partial charge on any atom is 0.337 e. The molecule has 3 N–H and O–H groups in total. The summed E-state index contributed by atoms with van der Waals surface area (Å²) in [6.07, 6.45) is 3.15. The van der Waals surface area contributed by atoms with Crippen molar-refractivity contribution in [3.8, 4) is 0 Å². The number of aliphatic hydroxyl groups is 1. The first-order valence-corrected chi connectivity index (χ1v) is 8.81. The number of hydrogen-bond donors (Lipinski definition) is 3. The number of aliphatic carboxylic acids is 1. The van der Waals surface area contributed by atoms with Crippen molar-refractivity contribution in [2.45, 2.75) is 44.8 Å². The number of carbonyl (C=O) groups is 2. The lowest BCUT2D eigenvalue weighted by Crippen LogP contribution is -2.53. The fourth-order valence-corrected chi connectivity index (χ4v) is 3.14. The highest BCUT2D eigenvalue weighted by Gasteiger charge is 2.32. The van der Waals surface area contributed by atoms with Crippen LogP contribution >= 0.6 is 0 Å². The van der Waals surface area contributed by atoms with E-state index in [-0.39, 0.29) is 18.5 Å². The van der Waals surface area contributed by atoms with Crippen molar-refractivity contribution in [2.75, 3.05) is 19.6 Å². The molecular weight excluding hydrogens is 320 g/mol. The number of carboxylic acid groups (broad SMARTS) is 1. The standard InChI is InChI=1S/C19H28N2O4/c1-14(17(22)20-13-19(2,25)18(23)24)21-10-8-16(9-11-21)12-15-6-4-3-5-7-15/h3-7,14,16,25H,8-13H2,1-2H3,(H,20,22)(H,23,24). The lowest BCUT2D eigenvalue weighted by Gasteiger charge is -2.35. The van der Waals surface area contributed by atoms with Gasteiger partial charge in [0.25, 0.3) is 0 Å². The van der Waals surface area contributed by atoms with Gasteiger partial charge in [0.1, 0.15) is 0 Å². The Kier molecular flexibility index (Phi) is 6.56. The third-order valence-corrected chi connectivity index (χ3v) is 5.01. The Morgan fingerprint density at radius 3 is 2.44 bits per heavy atom. The summed E-state index contributed by atoms with van der Waals surface area (Å²) in [6, 6.07) is 10.1. The molecular formula is C19H28N2O4.